The lowest BCUT2D eigenvalue weighted by molar-refractivity contribution is 0.0995. The quantitative estimate of drug-likeness (QED) is 0.838. The second-order valence-electron chi connectivity index (χ2n) is 3.49. The molecule has 0 saturated carbocycles. The van der Waals surface area contributed by atoms with E-state index in [2.05, 4.69) is 10.2 Å². The van der Waals surface area contributed by atoms with E-state index in [0.29, 0.717) is 18.0 Å². The Balaban J connectivity index is 2.23. The highest BCUT2D eigenvalue weighted by molar-refractivity contribution is 5.91. The summed E-state index contributed by atoms with van der Waals surface area (Å²) in [5.41, 5.74) is 7.02. The smallest absolute Gasteiger partial charge is 0.266 e. The number of nitrogens with zero attached hydrogens (tertiary/aromatic N) is 1. The Bertz CT molecular complexity index is 517. The van der Waals surface area contributed by atoms with Crippen LogP contribution in [0, 0.1) is 0 Å². The number of H-pyrrole nitrogens is 1. The average Bonchev–Trinajstić information content (AvgIpc) is 2.80. The fourth-order valence-electron chi connectivity index (χ4n) is 1.48. The van der Waals surface area contributed by atoms with Gasteiger partial charge in [-0.2, -0.15) is 5.10 Å². The number of hydrogen-bond donors (Lipinski definition) is 2. The van der Waals surface area contributed by atoms with E-state index >= 15 is 0 Å². The molecule has 1 heterocycles. The van der Waals surface area contributed by atoms with Crippen molar-refractivity contribution < 1.29 is 9.53 Å². The van der Waals surface area contributed by atoms with E-state index in [9.17, 15) is 4.79 Å². The van der Waals surface area contributed by atoms with Gasteiger partial charge in [0, 0.05) is 5.56 Å². The maximum Gasteiger partial charge on any atom is 0.266 e. The topological polar surface area (TPSA) is 81.0 Å². The van der Waals surface area contributed by atoms with Crippen LogP contribution in [0.2, 0.25) is 0 Å². The molecule has 2 rings (SSSR count). The van der Waals surface area contributed by atoms with Crippen LogP contribution >= 0.6 is 0 Å². The number of hydrogen-bond acceptors (Lipinski definition) is 3. The molecule has 2 aromatic rings. The standard InChI is InChI=1S/C12H13N3O2/c1-2-17-9-5-3-8(4-6-9)10-7-11(12(13)16)15-14-10/h3-7H,2H2,1H3,(H2,13,16)(H,14,15). The van der Waals surface area contributed by atoms with Crippen LogP contribution in [-0.4, -0.2) is 22.7 Å². The van der Waals surface area contributed by atoms with Gasteiger partial charge < -0.3 is 10.5 Å². The van der Waals surface area contributed by atoms with E-state index in [1.165, 1.54) is 0 Å². The van der Waals surface area contributed by atoms with Crippen LogP contribution in [0.3, 0.4) is 0 Å². The van der Waals surface area contributed by atoms with Gasteiger partial charge in [0.25, 0.3) is 5.91 Å². The van der Waals surface area contributed by atoms with Crippen LogP contribution in [0.25, 0.3) is 11.3 Å². The Morgan fingerprint density at radius 2 is 2.12 bits per heavy atom. The summed E-state index contributed by atoms with van der Waals surface area (Å²) in [5.74, 6) is 0.289. The molecule has 5 nitrogen and oxygen atoms in total. The first-order valence-electron chi connectivity index (χ1n) is 5.29. The maximum atomic E-state index is 10.9. The van der Waals surface area contributed by atoms with Crippen LogP contribution in [-0.2, 0) is 0 Å². The molecule has 0 atom stereocenters. The fourth-order valence-corrected chi connectivity index (χ4v) is 1.48. The molecule has 5 heteroatoms. The highest BCUT2D eigenvalue weighted by atomic mass is 16.5. The number of primary amides is 1. The number of nitrogens with one attached hydrogen (secondary N) is 1. The largest absolute Gasteiger partial charge is 0.494 e. The summed E-state index contributed by atoms with van der Waals surface area (Å²) in [4.78, 5) is 10.9. The van der Waals surface area contributed by atoms with Crippen molar-refractivity contribution >= 4 is 5.91 Å². The summed E-state index contributed by atoms with van der Waals surface area (Å²) in [6.07, 6.45) is 0. The summed E-state index contributed by atoms with van der Waals surface area (Å²) in [5, 5.41) is 6.60. The number of nitrogens with two attached hydrogens (primary N) is 1. The van der Waals surface area contributed by atoms with Crippen LogP contribution in [0.1, 0.15) is 17.4 Å². The molecule has 0 saturated heterocycles. The van der Waals surface area contributed by atoms with Gasteiger partial charge in [0.2, 0.25) is 0 Å². The zero-order valence-corrected chi connectivity index (χ0v) is 9.43. The lowest BCUT2D eigenvalue weighted by Gasteiger charge is -2.02. The summed E-state index contributed by atoms with van der Waals surface area (Å²) >= 11 is 0. The van der Waals surface area contributed by atoms with Gasteiger partial charge in [-0.3, -0.25) is 9.89 Å². The molecule has 0 aliphatic rings. The number of aromatic nitrogens is 2. The highest BCUT2D eigenvalue weighted by Gasteiger charge is 2.07. The number of benzene rings is 1. The third kappa shape index (κ3) is 2.44. The Labute approximate surface area is 98.6 Å². The summed E-state index contributed by atoms with van der Waals surface area (Å²) < 4.78 is 5.34. The zero-order chi connectivity index (χ0) is 12.3. The normalized spacial score (nSPS) is 10.2. The Hall–Kier alpha value is -2.30. The SMILES string of the molecule is CCOc1ccc(-c2cc(C(N)=O)[nH]n2)cc1. The maximum absolute atomic E-state index is 10.9. The number of ether oxygens (including phenoxy) is 1. The molecule has 1 amide bonds. The van der Waals surface area contributed by atoms with Crippen molar-refractivity contribution in [1.29, 1.82) is 0 Å². The first-order valence-corrected chi connectivity index (χ1v) is 5.29. The molecule has 17 heavy (non-hydrogen) atoms. The zero-order valence-electron chi connectivity index (χ0n) is 9.43. The van der Waals surface area contributed by atoms with Crippen LogP contribution in [0.15, 0.2) is 30.3 Å². The van der Waals surface area contributed by atoms with E-state index in [0.717, 1.165) is 11.3 Å². The molecule has 0 fully saturated rings. The van der Waals surface area contributed by atoms with E-state index in [-0.39, 0.29) is 0 Å². The van der Waals surface area contributed by atoms with Gasteiger partial charge in [0.15, 0.2) is 0 Å². The molecule has 0 aliphatic heterocycles. The van der Waals surface area contributed by atoms with Crippen LogP contribution in [0.5, 0.6) is 5.75 Å². The third-order valence-corrected chi connectivity index (χ3v) is 2.30. The molecule has 1 aromatic carbocycles. The molecule has 1 aromatic heterocycles. The Morgan fingerprint density at radius 3 is 2.65 bits per heavy atom. The third-order valence-electron chi connectivity index (χ3n) is 2.30. The van der Waals surface area contributed by atoms with Gasteiger partial charge in [0.05, 0.1) is 12.3 Å². The second kappa shape index (κ2) is 4.69. The number of rotatable bonds is 4. The molecule has 0 bridgehead atoms. The van der Waals surface area contributed by atoms with Crippen molar-refractivity contribution in [1.82, 2.24) is 10.2 Å². The molecule has 0 spiro atoms. The molecular formula is C12H13N3O2. The predicted molar refractivity (Wildman–Crippen MR) is 63.7 cm³/mol. The van der Waals surface area contributed by atoms with Crippen molar-refractivity contribution in [3.63, 3.8) is 0 Å². The molecular weight excluding hydrogens is 218 g/mol. The minimum atomic E-state index is -0.519. The molecule has 3 N–H and O–H groups in total. The summed E-state index contributed by atoms with van der Waals surface area (Å²) in [6, 6.07) is 9.10. The van der Waals surface area contributed by atoms with Gasteiger partial charge in [-0.25, -0.2) is 0 Å². The second-order valence-corrected chi connectivity index (χ2v) is 3.49. The van der Waals surface area contributed by atoms with Crippen molar-refractivity contribution in [3.05, 3.63) is 36.0 Å². The monoisotopic (exact) mass is 231 g/mol. The number of carbonyl (C=O) groups is 1. The first-order chi connectivity index (χ1) is 8.20. The number of aromatic amines is 1. The molecule has 0 aliphatic carbocycles. The van der Waals surface area contributed by atoms with E-state index in [1.807, 2.05) is 31.2 Å². The fraction of sp³-hybridized carbons (Fsp3) is 0.167. The van der Waals surface area contributed by atoms with Crippen molar-refractivity contribution in [3.8, 4) is 17.0 Å². The average molecular weight is 231 g/mol. The van der Waals surface area contributed by atoms with Gasteiger partial charge in [-0.15, -0.1) is 0 Å². The van der Waals surface area contributed by atoms with Gasteiger partial charge in [-0.05, 0) is 37.3 Å². The lowest BCUT2D eigenvalue weighted by Crippen LogP contribution is -2.10. The predicted octanol–water partition coefficient (Wildman–Crippen LogP) is 1.57. The number of amides is 1. The lowest BCUT2D eigenvalue weighted by atomic mass is 10.1. The van der Waals surface area contributed by atoms with Crippen molar-refractivity contribution in [2.75, 3.05) is 6.61 Å². The van der Waals surface area contributed by atoms with Crippen LogP contribution < -0.4 is 10.5 Å². The molecule has 0 unspecified atom stereocenters. The first kappa shape index (κ1) is 11.2. The van der Waals surface area contributed by atoms with Gasteiger partial charge >= 0.3 is 0 Å². The van der Waals surface area contributed by atoms with Gasteiger partial charge in [0.1, 0.15) is 11.4 Å². The summed E-state index contributed by atoms with van der Waals surface area (Å²) in [6.45, 7) is 2.56. The van der Waals surface area contributed by atoms with E-state index < -0.39 is 5.91 Å². The van der Waals surface area contributed by atoms with E-state index in [4.69, 9.17) is 10.5 Å². The van der Waals surface area contributed by atoms with Gasteiger partial charge in [-0.1, -0.05) is 0 Å². The highest BCUT2D eigenvalue weighted by Crippen LogP contribution is 2.21. The molecule has 88 valence electrons. The minimum absolute atomic E-state index is 0.300. The minimum Gasteiger partial charge on any atom is -0.494 e. The summed E-state index contributed by atoms with van der Waals surface area (Å²) in [7, 11) is 0. The Kier molecular flexibility index (Phi) is 3.09. The van der Waals surface area contributed by atoms with E-state index in [1.54, 1.807) is 6.07 Å². The Morgan fingerprint density at radius 1 is 1.41 bits per heavy atom. The molecule has 0 radical (unpaired) electrons. The van der Waals surface area contributed by atoms with Crippen LogP contribution in [0.4, 0.5) is 0 Å². The number of carbonyl (C=O) groups excluding carboxylic acids is 1. The van der Waals surface area contributed by atoms with Crippen molar-refractivity contribution in [2.24, 2.45) is 5.73 Å². The van der Waals surface area contributed by atoms with Crippen molar-refractivity contribution in [2.45, 2.75) is 6.92 Å².